The minimum atomic E-state index is -0.481. The molecule has 1 aromatic rings. The van der Waals surface area contributed by atoms with Crippen LogP contribution in [0.3, 0.4) is 0 Å². The van der Waals surface area contributed by atoms with Gasteiger partial charge in [-0.1, -0.05) is 0 Å². The van der Waals surface area contributed by atoms with Crippen molar-refractivity contribution in [3.8, 4) is 0 Å². The van der Waals surface area contributed by atoms with Crippen LogP contribution in [0.15, 0.2) is 24.3 Å². The number of rotatable bonds is 11. The second-order valence-corrected chi connectivity index (χ2v) is 5.95. The van der Waals surface area contributed by atoms with Crippen LogP contribution in [0.5, 0.6) is 0 Å². The highest BCUT2D eigenvalue weighted by atomic mass is 32.1. The molecule has 3 N–H and O–H groups in total. The third-order valence-electron chi connectivity index (χ3n) is 3.36. The van der Waals surface area contributed by atoms with Crippen LogP contribution in [0.1, 0.15) is 23.2 Å². The van der Waals surface area contributed by atoms with Crippen LogP contribution in [0.4, 0.5) is 5.69 Å². The molecule has 0 radical (unpaired) electrons. The van der Waals surface area contributed by atoms with Crippen molar-refractivity contribution in [2.45, 2.75) is 12.8 Å². The fourth-order valence-corrected chi connectivity index (χ4v) is 2.18. The van der Waals surface area contributed by atoms with Gasteiger partial charge in [-0.15, -0.1) is 0 Å². The van der Waals surface area contributed by atoms with Gasteiger partial charge in [-0.2, -0.15) is 0 Å². The van der Waals surface area contributed by atoms with Crippen molar-refractivity contribution in [2.75, 3.05) is 45.9 Å². The van der Waals surface area contributed by atoms with Gasteiger partial charge in [0.1, 0.15) is 6.61 Å². The fourth-order valence-electron chi connectivity index (χ4n) is 1.95. The predicted octanol–water partition coefficient (Wildman–Crippen LogP) is 0.846. The lowest BCUT2D eigenvalue weighted by molar-refractivity contribution is -0.146. The Kier molecular flexibility index (Phi) is 11.4. The van der Waals surface area contributed by atoms with Crippen LogP contribution in [0.25, 0.3) is 0 Å². The number of nitrogens with one attached hydrogen (secondary N) is 3. The summed E-state index contributed by atoms with van der Waals surface area (Å²) in [5.74, 6) is -1.10. The Morgan fingerprint density at radius 2 is 1.64 bits per heavy atom. The SMILES string of the molecule is COCCNC(=O)c1ccc(NC(=S)NC(=O)CCC(=O)OCCOC)cc1. The summed E-state index contributed by atoms with van der Waals surface area (Å²) in [6, 6.07) is 6.59. The molecule has 0 atom stereocenters. The van der Waals surface area contributed by atoms with E-state index in [9.17, 15) is 14.4 Å². The van der Waals surface area contributed by atoms with Gasteiger partial charge in [0.25, 0.3) is 5.91 Å². The number of amides is 2. The molecule has 0 aliphatic carbocycles. The van der Waals surface area contributed by atoms with E-state index >= 15 is 0 Å². The molecule has 0 aliphatic heterocycles. The minimum Gasteiger partial charge on any atom is -0.463 e. The molecule has 1 aromatic carbocycles. The van der Waals surface area contributed by atoms with Crippen molar-refractivity contribution in [1.29, 1.82) is 0 Å². The first-order valence-electron chi connectivity index (χ1n) is 8.59. The van der Waals surface area contributed by atoms with Crippen molar-refractivity contribution in [3.63, 3.8) is 0 Å². The zero-order chi connectivity index (χ0) is 20.8. The van der Waals surface area contributed by atoms with Gasteiger partial charge < -0.3 is 30.2 Å². The van der Waals surface area contributed by atoms with E-state index in [1.165, 1.54) is 7.11 Å². The number of benzene rings is 1. The van der Waals surface area contributed by atoms with Crippen LogP contribution in [0, 0.1) is 0 Å². The standard InChI is InChI=1S/C18H25N3O6S/c1-25-10-9-19-17(24)13-3-5-14(6-4-13)20-18(28)21-15(22)7-8-16(23)27-12-11-26-2/h3-6H,7-12H2,1-2H3,(H,19,24)(H2,20,21,22,28). The van der Waals surface area contributed by atoms with Gasteiger partial charge in [0.15, 0.2) is 5.11 Å². The van der Waals surface area contributed by atoms with Gasteiger partial charge in [0, 0.05) is 38.4 Å². The van der Waals surface area contributed by atoms with Crippen molar-refractivity contribution in [2.24, 2.45) is 0 Å². The monoisotopic (exact) mass is 411 g/mol. The summed E-state index contributed by atoms with van der Waals surface area (Å²) in [6.45, 7) is 1.31. The summed E-state index contributed by atoms with van der Waals surface area (Å²) < 4.78 is 14.5. The summed E-state index contributed by atoms with van der Waals surface area (Å²) in [6.07, 6.45) is -0.0980. The molecule has 0 spiro atoms. The Balaban J connectivity index is 2.35. The molecule has 9 nitrogen and oxygen atoms in total. The highest BCUT2D eigenvalue weighted by Gasteiger charge is 2.10. The molecule has 1 rings (SSSR count). The Hall–Kier alpha value is -2.56. The molecular weight excluding hydrogens is 386 g/mol. The van der Waals surface area contributed by atoms with Crippen LogP contribution in [-0.4, -0.2) is 63.5 Å². The topological polar surface area (TPSA) is 115 Å². The Bertz CT molecular complexity index is 666. The molecule has 0 saturated heterocycles. The second kappa shape index (κ2) is 13.6. The molecule has 2 amide bonds. The quantitative estimate of drug-likeness (QED) is 0.279. The molecular formula is C18H25N3O6S. The van der Waals surface area contributed by atoms with E-state index in [4.69, 9.17) is 26.4 Å². The van der Waals surface area contributed by atoms with E-state index in [1.54, 1.807) is 31.4 Å². The highest BCUT2D eigenvalue weighted by molar-refractivity contribution is 7.80. The lowest BCUT2D eigenvalue weighted by Gasteiger charge is -2.10. The average molecular weight is 411 g/mol. The maximum absolute atomic E-state index is 11.9. The van der Waals surface area contributed by atoms with Crippen LogP contribution in [0.2, 0.25) is 0 Å². The Morgan fingerprint density at radius 3 is 2.29 bits per heavy atom. The van der Waals surface area contributed by atoms with E-state index in [1.807, 2.05) is 0 Å². The molecule has 0 unspecified atom stereocenters. The molecule has 0 fully saturated rings. The van der Waals surface area contributed by atoms with Gasteiger partial charge >= 0.3 is 5.97 Å². The molecule has 0 heterocycles. The third kappa shape index (κ3) is 9.95. The minimum absolute atomic E-state index is 0.0474. The molecule has 28 heavy (non-hydrogen) atoms. The molecule has 10 heteroatoms. The first-order valence-corrected chi connectivity index (χ1v) is 8.99. The van der Waals surface area contributed by atoms with Crippen LogP contribution >= 0.6 is 12.2 Å². The van der Waals surface area contributed by atoms with Crippen molar-refractivity contribution in [1.82, 2.24) is 10.6 Å². The number of hydrogen-bond acceptors (Lipinski definition) is 7. The molecule has 154 valence electrons. The van der Waals surface area contributed by atoms with E-state index in [0.717, 1.165) is 0 Å². The van der Waals surface area contributed by atoms with Crippen LogP contribution in [-0.2, 0) is 23.8 Å². The maximum Gasteiger partial charge on any atom is 0.306 e. The van der Waals surface area contributed by atoms with Gasteiger partial charge in [0.05, 0.1) is 19.6 Å². The third-order valence-corrected chi connectivity index (χ3v) is 3.56. The zero-order valence-electron chi connectivity index (χ0n) is 15.9. The normalized spacial score (nSPS) is 10.1. The summed E-state index contributed by atoms with van der Waals surface area (Å²) in [4.78, 5) is 35.1. The lowest BCUT2D eigenvalue weighted by Crippen LogP contribution is -2.34. The number of carbonyl (C=O) groups excluding carboxylic acids is 3. The Morgan fingerprint density at radius 1 is 0.964 bits per heavy atom. The summed E-state index contributed by atoms with van der Waals surface area (Å²) in [5, 5.41) is 8.12. The number of carbonyl (C=O) groups is 3. The summed E-state index contributed by atoms with van der Waals surface area (Å²) >= 11 is 5.06. The number of anilines is 1. The number of ether oxygens (including phenoxy) is 3. The van der Waals surface area contributed by atoms with Gasteiger partial charge in [-0.25, -0.2) is 0 Å². The maximum atomic E-state index is 11.9. The molecule has 0 aromatic heterocycles. The Labute approximate surface area is 169 Å². The van der Waals surface area contributed by atoms with E-state index in [-0.39, 0.29) is 30.5 Å². The molecule has 0 aliphatic rings. The second-order valence-electron chi connectivity index (χ2n) is 5.54. The molecule has 0 saturated carbocycles. The first-order chi connectivity index (χ1) is 13.5. The summed E-state index contributed by atoms with van der Waals surface area (Å²) in [5.41, 5.74) is 1.10. The average Bonchev–Trinajstić information content (AvgIpc) is 2.67. The first kappa shape index (κ1) is 23.5. The number of hydrogen-bond donors (Lipinski definition) is 3. The van der Waals surface area contributed by atoms with Crippen LogP contribution < -0.4 is 16.0 Å². The van der Waals surface area contributed by atoms with Crippen molar-refractivity contribution >= 4 is 40.8 Å². The number of thiocarbonyl (C=S) groups is 1. The largest absolute Gasteiger partial charge is 0.463 e. The van der Waals surface area contributed by atoms with E-state index in [0.29, 0.717) is 31.0 Å². The lowest BCUT2D eigenvalue weighted by atomic mass is 10.2. The highest BCUT2D eigenvalue weighted by Crippen LogP contribution is 2.09. The van der Waals surface area contributed by atoms with Gasteiger partial charge in [0.2, 0.25) is 5.91 Å². The van der Waals surface area contributed by atoms with Crippen molar-refractivity contribution < 1.29 is 28.6 Å². The zero-order valence-corrected chi connectivity index (χ0v) is 16.7. The van der Waals surface area contributed by atoms with E-state index in [2.05, 4.69) is 16.0 Å². The van der Waals surface area contributed by atoms with Crippen molar-refractivity contribution in [3.05, 3.63) is 29.8 Å². The summed E-state index contributed by atoms with van der Waals surface area (Å²) in [7, 11) is 3.06. The van der Waals surface area contributed by atoms with Gasteiger partial charge in [-0.3, -0.25) is 14.4 Å². The predicted molar refractivity (Wildman–Crippen MR) is 107 cm³/mol. The number of esters is 1. The fraction of sp³-hybridized carbons (Fsp3) is 0.444. The molecule has 0 bridgehead atoms. The van der Waals surface area contributed by atoms with E-state index < -0.39 is 11.9 Å². The van der Waals surface area contributed by atoms with Gasteiger partial charge in [-0.05, 0) is 36.5 Å². The number of methoxy groups -OCH3 is 2. The smallest absolute Gasteiger partial charge is 0.306 e.